The number of sulfone groups is 1. The molecular weight excluding hydrogens is 556 g/mol. The number of amides is 1. The average Bonchev–Trinajstić information content (AvgIpc) is 2.87. The predicted octanol–water partition coefficient (Wildman–Crippen LogP) is 3.84. The van der Waals surface area contributed by atoms with Crippen molar-refractivity contribution in [3.05, 3.63) is 81.9 Å². The Hall–Kier alpha value is -3.78. The van der Waals surface area contributed by atoms with Gasteiger partial charge in [-0.2, -0.15) is 0 Å². The van der Waals surface area contributed by atoms with Gasteiger partial charge in [0.15, 0.2) is 21.4 Å². The number of anilines is 1. The van der Waals surface area contributed by atoms with Crippen LogP contribution in [0.5, 0.6) is 11.5 Å². The molecule has 2 unspecified atom stereocenters. The molecule has 1 aromatic carbocycles. The Kier molecular flexibility index (Phi) is 8.30. The molecule has 3 heterocycles. The van der Waals surface area contributed by atoms with Crippen molar-refractivity contribution in [3.8, 4) is 11.5 Å². The molecule has 214 valence electrons. The molecular formula is C26H26F4N4O5S. The molecule has 1 amide bonds. The van der Waals surface area contributed by atoms with Crippen LogP contribution in [0.25, 0.3) is 0 Å². The minimum absolute atomic E-state index is 0.0652. The number of hydrogen-bond acceptors (Lipinski definition) is 7. The monoisotopic (exact) mass is 582 g/mol. The van der Waals surface area contributed by atoms with E-state index >= 15 is 0 Å². The van der Waals surface area contributed by atoms with Gasteiger partial charge in [-0.3, -0.25) is 14.5 Å². The summed E-state index contributed by atoms with van der Waals surface area (Å²) in [6.07, 6.45) is 2.76. The average molecular weight is 583 g/mol. The predicted molar refractivity (Wildman–Crippen MR) is 138 cm³/mol. The summed E-state index contributed by atoms with van der Waals surface area (Å²) in [6.45, 7) is 1.24. The van der Waals surface area contributed by atoms with Crippen molar-refractivity contribution in [1.82, 2.24) is 14.9 Å². The molecule has 2 aromatic heterocycles. The highest BCUT2D eigenvalue weighted by molar-refractivity contribution is 7.89. The number of aromatic nitrogens is 2. The van der Waals surface area contributed by atoms with Crippen LogP contribution in [-0.2, 0) is 20.4 Å². The normalized spacial score (nSPS) is 18.2. The van der Waals surface area contributed by atoms with Crippen molar-refractivity contribution in [2.45, 2.75) is 37.0 Å². The molecule has 2 atom stereocenters. The van der Waals surface area contributed by atoms with E-state index in [0.717, 1.165) is 24.6 Å². The molecule has 0 saturated carbocycles. The molecule has 0 radical (unpaired) electrons. The molecule has 1 aliphatic rings. The van der Waals surface area contributed by atoms with Crippen LogP contribution in [0.15, 0.2) is 53.6 Å². The lowest BCUT2D eigenvalue weighted by atomic mass is 9.86. The lowest BCUT2D eigenvalue weighted by molar-refractivity contribution is -0.125. The van der Waals surface area contributed by atoms with Crippen LogP contribution in [0.2, 0.25) is 0 Å². The van der Waals surface area contributed by atoms with Crippen molar-refractivity contribution >= 4 is 21.6 Å². The van der Waals surface area contributed by atoms with Gasteiger partial charge in [0.1, 0.15) is 17.4 Å². The largest absolute Gasteiger partial charge is 0.453 e. The number of pyridine rings is 2. The number of hydrogen-bond donors (Lipinski definition) is 2. The SMILES string of the molecule is CC(C(=O)Nc1ccc(Oc2ccc(F)cc2F)cn1)N1CCC(F)(F)C(c2c[nH]c(=O)c(CS(C)(=O)=O)c2)C1. The van der Waals surface area contributed by atoms with Crippen molar-refractivity contribution in [2.75, 3.05) is 24.7 Å². The van der Waals surface area contributed by atoms with E-state index in [4.69, 9.17) is 4.74 Å². The van der Waals surface area contributed by atoms with E-state index in [2.05, 4.69) is 15.3 Å². The number of ether oxygens (including phenoxy) is 1. The maximum absolute atomic E-state index is 14.9. The molecule has 1 fully saturated rings. The van der Waals surface area contributed by atoms with Crippen molar-refractivity contribution in [3.63, 3.8) is 0 Å². The van der Waals surface area contributed by atoms with E-state index in [1.165, 1.54) is 24.4 Å². The number of nitrogens with zero attached hydrogens (tertiary/aromatic N) is 2. The Morgan fingerprint density at radius 3 is 2.65 bits per heavy atom. The summed E-state index contributed by atoms with van der Waals surface area (Å²) in [5, 5.41) is 2.59. The van der Waals surface area contributed by atoms with Gasteiger partial charge in [0.2, 0.25) is 5.91 Å². The van der Waals surface area contributed by atoms with Gasteiger partial charge in [-0.05, 0) is 42.8 Å². The summed E-state index contributed by atoms with van der Waals surface area (Å²) in [4.78, 5) is 32.9. The first-order valence-corrected chi connectivity index (χ1v) is 14.2. The second-order valence-corrected chi connectivity index (χ2v) is 11.8. The minimum atomic E-state index is -3.58. The molecule has 3 aromatic rings. The fraction of sp³-hybridized carbons (Fsp3) is 0.346. The van der Waals surface area contributed by atoms with E-state index < -0.39 is 63.0 Å². The summed E-state index contributed by atoms with van der Waals surface area (Å²) < 4.78 is 85.4. The number of alkyl halides is 2. The molecule has 0 aliphatic carbocycles. The molecule has 0 spiro atoms. The second-order valence-electron chi connectivity index (χ2n) is 9.64. The molecule has 14 heteroatoms. The first kappa shape index (κ1) is 29.2. The molecule has 4 rings (SSSR count). The van der Waals surface area contributed by atoms with E-state index in [1.807, 2.05) is 0 Å². The number of piperidine rings is 1. The van der Waals surface area contributed by atoms with Gasteiger partial charge in [-0.1, -0.05) is 0 Å². The quantitative estimate of drug-likeness (QED) is 0.387. The zero-order valence-electron chi connectivity index (χ0n) is 21.5. The van der Waals surface area contributed by atoms with Gasteiger partial charge < -0.3 is 15.0 Å². The van der Waals surface area contributed by atoms with Gasteiger partial charge in [0, 0.05) is 43.6 Å². The van der Waals surface area contributed by atoms with Gasteiger partial charge in [-0.15, -0.1) is 0 Å². The summed E-state index contributed by atoms with van der Waals surface area (Å²) >= 11 is 0. The van der Waals surface area contributed by atoms with Crippen LogP contribution in [0.3, 0.4) is 0 Å². The zero-order chi connectivity index (χ0) is 29.2. The van der Waals surface area contributed by atoms with Gasteiger partial charge >= 0.3 is 0 Å². The summed E-state index contributed by atoms with van der Waals surface area (Å²) in [6, 6.07) is 5.98. The third kappa shape index (κ3) is 7.04. The molecule has 9 nitrogen and oxygen atoms in total. The van der Waals surface area contributed by atoms with Crippen molar-refractivity contribution in [1.29, 1.82) is 0 Å². The van der Waals surface area contributed by atoms with Crippen LogP contribution in [-0.4, -0.2) is 60.5 Å². The standard InChI is InChI=1S/C26H26F4N4O5S/c1-15(24(35)33-23-6-4-19(12-31-23)39-22-5-3-18(27)10-21(22)28)34-8-7-26(29,30)20(13-34)16-9-17(14-40(2,37)38)25(36)32-11-16/h3-6,9-12,15,20H,7-8,13-14H2,1-2H3,(H,32,36)(H,31,33,35). The Bertz CT molecular complexity index is 1560. The number of H-pyrrole nitrogens is 1. The third-order valence-corrected chi connectivity index (χ3v) is 7.35. The maximum Gasteiger partial charge on any atom is 0.257 e. The number of rotatable bonds is 8. The van der Waals surface area contributed by atoms with Crippen LogP contribution >= 0.6 is 0 Å². The number of nitrogens with one attached hydrogen (secondary N) is 2. The molecule has 40 heavy (non-hydrogen) atoms. The van der Waals surface area contributed by atoms with E-state index in [1.54, 1.807) is 11.8 Å². The maximum atomic E-state index is 14.9. The molecule has 1 aliphatic heterocycles. The number of aromatic amines is 1. The lowest BCUT2D eigenvalue weighted by Gasteiger charge is -2.40. The fourth-order valence-electron chi connectivity index (χ4n) is 4.36. The number of halogens is 4. The highest BCUT2D eigenvalue weighted by Gasteiger charge is 2.46. The molecule has 1 saturated heterocycles. The van der Waals surface area contributed by atoms with Crippen LogP contribution in [0.1, 0.15) is 30.4 Å². The minimum Gasteiger partial charge on any atom is -0.453 e. The number of benzene rings is 1. The second kappa shape index (κ2) is 11.4. The Morgan fingerprint density at radius 2 is 2.00 bits per heavy atom. The van der Waals surface area contributed by atoms with Gasteiger partial charge in [-0.25, -0.2) is 31.0 Å². The fourth-order valence-corrected chi connectivity index (χ4v) is 5.14. The van der Waals surface area contributed by atoms with E-state index in [-0.39, 0.29) is 41.5 Å². The van der Waals surface area contributed by atoms with Crippen molar-refractivity contribution < 1.29 is 35.5 Å². The molecule has 0 bridgehead atoms. The Morgan fingerprint density at radius 1 is 1.25 bits per heavy atom. The summed E-state index contributed by atoms with van der Waals surface area (Å²) in [5.74, 6) is -7.26. The molecule has 2 N–H and O–H groups in total. The number of carbonyl (C=O) groups is 1. The van der Waals surface area contributed by atoms with E-state index in [0.29, 0.717) is 6.07 Å². The Labute approximate surface area is 227 Å². The first-order chi connectivity index (χ1) is 18.7. The zero-order valence-corrected chi connectivity index (χ0v) is 22.3. The summed E-state index contributed by atoms with van der Waals surface area (Å²) in [5.41, 5.74) is -0.751. The third-order valence-electron chi connectivity index (χ3n) is 6.52. The van der Waals surface area contributed by atoms with Crippen LogP contribution in [0.4, 0.5) is 23.4 Å². The van der Waals surface area contributed by atoms with Crippen LogP contribution in [0, 0.1) is 11.6 Å². The number of carbonyl (C=O) groups excluding carboxylic acids is 1. The van der Waals surface area contributed by atoms with Crippen LogP contribution < -0.4 is 15.6 Å². The lowest BCUT2D eigenvalue weighted by Crippen LogP contribution is -2.52. The number of likely N-dealkylation sites (tertiary alicyclic amines) is 1. The first-order valence-electron chi connectivity index (χ1n) is 12.1. The highest BCUT2D eigenvalue weighted by atomic mass is 32.2. The van der Waals surface area contributed by atoms with Crippen molar-refractivity contribution in [2.24, 2.45) is 0 Å². The topological polar surface area (TPSA) is 121 Å². The highest BCUT2D eigenvalue weighted by Crippen LogP contribution is 2.40. The smallest absolute Gasteiger partial charge is 0.257 e. The van der Waals surface area contributed by atoms with Gasteiger partial charge in [0.05, 0.1) is 23.9 Å². The summed E-state index contributed by atoms with van der Waals surface area (Å²) in [7, 11) is -3.58. The Balaban J connectivity index is 1.43. The van der Waals surface area contributed by atoms with E-state index in [9.17, 15) is 35.6 Å². The van der Waals surface area contributed by atoms with Gasteiger partial charge in [0.25, 0.3) is 11.5 Å².